The number of hydrogen-bond donors (Lipinski definition) is 8. The van der Waals surface area contributed by atoms with Gasteiger partial charge in [0.25, 0.3) is 0 Å². The number of alkyl halides is 3. The van der Waals surface area contributed by atoms with Crippen LogP contribution >= 0.6 is 23.5 Å². The highest BCUT2D eigenvalue weighted by Gasteiger charge is 2.38. The summed E-state index contributed by atoms with van der Waals surface area (Å²) >= 11 is 2.71. The molecule has 68 heavy (non-hydrogen) atoms. The Labute approximate surface area is 403 Å². The van der Waals surface area contributed by atoms with Gasteiger partial charge in [0.2, 0.25) is 29.5 Å². The third-order valence-corrected chi connectivity index (χ3v) is 12.4. The van der Waals surface area contributed by atoms with Gasteiger partial charge in [0.05, 0.1) is 13.1 Å². The molecule has 1 heterocycles. The highest BCUT2D eigenvalue weighted by Crippen LogP contribution is 2.39. The number of carbonyl (C=O) groups excluding carboxylic acids is 7. The number of allylic oxidation sites excluding steroid dienone is 1. The van der Waals surface area contributed by atoms with Crippen LogP contribution < -0.4 is 37.2 Å². The van der Waals surface area contributed by atoms with Crippen molar-refractivity contribution < 1.29 is 61.4 Å². The standard InChI is InChI=1S/C44H66F3N9O10S2/c1-10-25(2)35(39-54-31(24-67-39)40(62)63)68-32-21-28(18-17-26(32)3)52-38(61)30(15-11-13-19-48-41(64)44(45,46)47)53-36(59)27(4)51-34(58)23-49-33(57)22-50-37(60)29(16-12-14-20-56(8)9)55-42(65)66-43(5,6)7/h17-18,21,27,29-31H,10-16,19-20,22-24H2,1-9H3,(H,48,64)(H,49,57)(H,50,60)(H,51,58)(H,52,61)(H,53,59)(H,55,65)(H,62,63)/b35-25-/t27?,29-,30-,31?/m0/s1. The topological polar surface area (TPSA) is 266 Å². The van der Waals surface area contributed by atoms with Gasteiger partial charge in [-0.2, -0.15) is 13.2 Å². The molecule has 2 unspecified atom stereocenters. The van der Waals surface area contributed by atoms with Crippen LogP contribution in [0.2, 0.25) is 0 Å². The van der Waals surface area contributed by atoms with Crippen LogP contribution in [0.3, 0.4) is 0 Å². The number of carboxylic acids is 1. The molecule has 380 valence electrons. The van der Waals surface area contributed by atoms with E-state index >= 15 is 0 Å². The number of halogens is 3. The van der Waals surface area contributed by atoms with Gasteiger partial charge in [0, 0.05) is 27.8 Å². The fourth-order valence-electron chi connectivity index (χ4n) is 5.95. The van der Waals surface area contributed by atoms with E-state index in [1.807, 2.05) is 39.8 Å². The first kappa shape index (κ1) is 58.8. The summed E-state index contributed by atoms with van der Waals surface area (Å²) in [6, 6.07) is 0.708. The number of alkyl carbamates (subject to hydrolysis) is 1. The Morgan fingerprint density at radius 1 is 0.882 bits per heavy atom. The van der Waals surface area contributed by atoms with E-state index < -0.39 is 96.5 Å². The van der Waals surface area contributed by atoms with Gasteiger partial charge < -0.3 is 52.0 Å². The van der Waals surface area contributed by atoms with Crippen molar-refractivity contribution in [2.45, 2.75) is 134 Å². The van der Waals surface area contributed by atoms with Crippen molar-refractivity contribution in [3.63, 3.8) is 0 Å². The average Bonchev–Trinajstić information content (AvgIpc) is 3.74. The molecule has 0 radical (unpaired) electrons. The largest absolute Gasteiger partial charge is 0.480 e. The molecule has 4 atom stereocenters. The average molecular weight is 1000 g/mol. The fraction of sp³-hybridized carbons (Fsp3) is 0.614. The predicted molar refractivity (Wildman–Crippen MR) is 254 cm³/mol. The molecule has 8 N–H and O–H groups in total. The number of nitrogens with one attached hydrogen (secondary N) is 7. The maximum atomic E-state index is 13.8. The van der Waals surface area contributed by atoms with Crippen LogP contribution in [-0.2, 0) is 38.3 Å². The van der Waals surface area contributed by atoms with Crippen molar-refractivity contribution in [2.24, 2.45) is 4.99 Å². The van der Waals surface area contributed by atoms with Crippen LogP contribution in [0.25, 0.3) is 0 Å². The van der Waals surface area contributed by atoms with Crippen LogP contribution in [0.1, 0.15) is 92.1 Å². The lowest BCUT2D eigenvalue weighted by atomic mass is 10.1. The van der Waals surface area contributed by atoms with E-state index in [2.05, 4.69) is 36.9 Å². The Balaban J connectivity index is 2.11. The molecule has 0 saturated heterocycles. The summed E-state index contributed by atoms with van der Waals surface area (Å²) in [6.07, 6.45) is -3.59. The number of aliphatic carboxylic acids is 1. The molecule has 19 nitrogen and oxygen atoms in total. The van der Waals surface area contributed by atoms with Crippen molar-refractivity contribution >= 4 is 81.8 Å². The lowest BCUT2D eigenvalue weighted by Crippen LogP contribution is -2.53. The van der Waals surface area contributed by atoms with Crippen LogP contribution in [0.4, 0.5) is 23.7 Å². The number of amides is 7. The molecule has 0 fully saturated rings. The zero-order valence-corrected chi connectivity index (χ0v) is 41.6. The zero-order chi connectivity index (χ0) is 51.4. The fourth-order valence-corrected chi connectivity index (χ4v) is 8.39. The SMILES string of the molecule is CC/C(C)=C(\Sc1cc(NC(=O)[C@H](CCCCNC(=O)C(F)(F)F)NC(=O)C(C)NC(=O)CNC(=O)CNC(=O)[C@H](CCCCN(C)C)NC(=O)OC(C)(C)C)ccc1C)C1=NC(C(=O)O)CS1. The second-order valence-electron chi connectivity index (χ2n) is 17.2. The molecule has 0 spiro atoms. The molecule has 2 rings (SSSR count). The van der Waals surface area contributed by atoms with Gasteiger partial charge in [-0.1, -0.05) is 30.3 Å². The van der Waals surface area contributed by atoms with Crippen molar-refractivity contribution in [1.82, 2.24) is 36.8 Å². The Kier molecular flexibility index (Phi) is 24.4. The minimum absolute atomic E-state index is 0.0213. The van der Waals surface area contributed by atoms with E-state index in [0.29, 0.717) is 29.3 Å². The number of thioether (sulfide) groups is 2. The van der Waals surface area contributed by atoms with Crippen LogP contribution in [0.15, 0.2) is 38.6 Å². The zero-order valence-electron chi connectivity index (χ0n) is 40.0. The Bertz CT molecular complexity index is 2030. The Morgan fingerprint density at radius 3 is 2.10 bits per heavy atom. The van der Waals surface area contributed by atoms with Crippen molar-refractivity contribution in [3.8, 4) is 0 Å². The molecule has 7 amide bonds. The number of carbonyl (C=O) groups is 8. The normalized spacial score (nSPS) is 15.4. The summed E-state index contributed by atoms with van der Waals surface area (Å²) in [4.78, 5) is 109. The number of hydrogen-bond acceptors (Lipinski definition) is 13. The number of rotatable bonds is 26. The number of unbranched alkanes of at least 4 members (excludes halogenated alkanes) is 2. The van der Waals surface area contributed by atoms with Crippen molar-refractivity contribution in [2.75, 3.05) is 51.3 Å². The highest BCUT2D eigenvalue weighted by molar-refractivity contribution is 8.18. The molecular weight excluding hydrogens is 936 g/mol. The summed E-state index contributed by atoms with van der Waals surface area (Å²) in [6.45, 7) is 11.3. The molecular formula is C44H66F3N9O10S2. The molecule has 0 saturated carbocycles. The van der Waals surface area contributed by atoms with E-state index in [0.717, 1.165) is 33.9 Å². The van der Waals surface area contributed by atoms with Gasteiger partial charge in [0.1, 0.15) is 28.8 Å². The Morgan fingerprint density at radius 2 is 1.51 bits per heavy atom. The minimum Gasteiger partial charge on any atom is -0.480 e. The van der Waals surface area contributed by atoms with Gasteiger partial charge in [-0.15, -0.1) is 11.8 Å². The monoisotopic (exact) mass is 1000 g/mol. The maximum Gasteiger partial charge on any atom is 0.471 e. The number of carboxylic acid groups (broad SMARTS) is 1. The van der Waals surface area contributed by atoms with Gasteiger partial charge in [-0.3, -0.25) is 33.8 Å². The molecule has 1 aliphatic rings. The lowest BCUT2D eigenvalue weighted by molar-refractivity contribution is -0.173. The first-order valence-electron chi connectivity index (χ1n) is 22.1. The second-order valence-corrected chi connectivity index (χ2v) is 19.3. The first-order valence-corrected chi connectivity index (χ1v) is 23.9. The van der Waals surface area contributed by atoms with Gasteiger partial charge in [0.15, 0.2) is 6.04 Å². The molecule has 24 heteroatoms. The molecule has 0 bridgehead atoms. The van der Waals surface area contributed by atoms with Crippen LogP contribution in [-0.4, -0.2) is 145 Å². The van der Waals surface area contributed by atoms with Gasteiger partial charge in [-0.05, 0) is 125 Å². The highest BCUT2D eigenvalue weighted by atomic mass is 32.2. The molecule has 0 aromatic heterocycles. The van der Waals surface area contributed by atoms with Crippen molar-refractivity contribution in [1.29, 1.82) is 0 Å². The first-order chi connectivity index (χ1) is 31.7. The number of aryl methyl sites for hydroxylation is 1. The minimum atomic E-state index is -5.08. The van der Waals surface area contributed by atoms with Crippen LogP contribution in [0, 0.1) is 6.92 Å². The van der Waals surface area contributed by atoms with E-state index in [-0.39, 0.29) is 32.2 Å². The summed E-state index contributed by atoms with van der Waals surface area (Å²) in [5.41, 5.74) is 1.34. The third-order valence-electron chi connectivity index (χ3n) is 9.81. The molecule has 1 aromatic carbocycles. The molecule has 0 aliphatic carbocycles. The van der Waals surface area contributed by atoms with Gasteiger partial charge in [-0.25, -0.2) is 9.59 Å². The number of anilines is 1. The number of benzene rings is 1. The quantitative estimate of drug-likeness (QED) is 0.0483. The summed E-state index contributed by atoms with van der Waals surface area (Å²) < 4.78 is 43.4. The summed E-state index contributed by atoms with van der Waals surface area (Å²) in [5, 5.41) is 26.9. The molecule has 1 aromatic rings. The summed E-state index contributed by atoms with van der Waals surface area (Å²) in [7, 11) is 3.81. The predicted octanol–water partition coefficient (Wildman–Crippen LogP) is 4.00. The maximum absolute atomic E-state index is 13.8. The third kappa shape index (κ3) is 22.2. The van der Waals surface area contributed by atoms with Gasteiger partial charge >= 0.3 is 24.1 Å². The summed E-state index contributed by atoms with van der Waals surface area (Å²) in [5.74, 6) is -6.54. The number of aliphatic imine (C=N–C) groups is 1. The van der Waals surface area contributed by atoms with Crippen molar-refractivity contribution in [3.05, 3.63) is 34.2 Å². The lowest BCUT2D eigenvalue weighted by Gasteiger charge is -2.23. The van der Waals surface area contributed by atoms with E-state index in [4.69, 9.17) is 4.74 Å². The molecule has 1 aliphatic heterocycles. The number of nitrogens with zero attached hydrogens (tertiary/aromatic N) is 2. The second kappa shape index (κ2) is 28.2. The van der Waals surface area contributed by atoms with Crippen LogP contribution in [0.5, 0.6) is 0 Å². The van der Waals surface area contributed by atoms with E-state index in [1.165, 1.54) is 30.4 Å². The number of ether oxygens (including phenoxy) is 1. The smallest absolute Gasteiger partial charge is 0.471 e. The van der Waals surface area contributed by atoms with E-state index in [9.17, 15) is 56.6 Å². The van der Waals surface area contributed by atoms with E-state index in [1.54, 1.807) is 44.3 Å². The Hall–Kier alpha value is -5.36.